The van der Waals surface area contributed by atoms with E-state index in [2.05, 4.69) is 6.92 Å². The highest BCUT2D eigenvalue weighted by atomic mass is 16.6. The zero-order chi connectivity index (χ0) is 10.3. The molecular formula is C14H24O. The fraction of sp³-hybridized carbons (Fsp3) is 1.00. The van der Waals surface area contributed by atoms with Crippen LogP contribution in [0.4, 0.5) is 0 Å². The van der Waals surface area contributed by atoms with Crippen molar-refractivity contribution in [2.75, 3.05) is 0 Å². The number of fused-ring (bicyclic) bond motifs is 1. The Bertz CT molecular complexity index is 217. The Labute approximate surface area is 93.6 Å². The molecule has 0 aromatic carbocycles. The molecule has 3 aliphatic rings. The Kier molecular flexibility index (Phi) is 2.76. The third kappa shape index (κ3) is 2.08. The quantitative estimate of drug-likeness (QED) is 0.629. The second-order valence-corrected chi connectivity index (χ2v) is 5.98. The Hall–Kier alpha value is -0.0400. The highest BCUT2D eigenvalue weighted by Crippen LogP contribution is 2.46. The molecular weight excluding hydrogens is 184 g/mol. The number of epoxide rings is 1. The molecule has 1 heterocycles. The van der Waals surface area contributed by atoms with Crippen molar-refractivity contribution in [1.82, 2.24) is 0 Å². The monoisotopic (exact) mass is 208 g/mol. The van der Waals surface area contributed by atoms with Gasteiger partial charge in [0.25, 0.3) is 0 Å². The summed E-state index contributed by atoms with van der Waals surface area (Å²) in [6.45, 7) is 2.36. The maximum atomic E-state index is 5.64. The van der Waals surface area contributed by atoms with Crippen LogP contribution < -0.4 is 0 Å². The molecule has 1 heteroatoms. The van der Waals surface area contributed by atoms with E-state index < -0.39 is 0 Å². The molecule has 0 aromatic heterocycles. The summed E-state index contributed by atoms with van der Waals surface area (Å²) < 4.78 is 5.64. The standard InChI is InChI=1S/C14H24O/c1-2-10-3-5-11(6-4-10)12-7-8-13-14(9-12)15-13/h10-14H,2-9H2,1H3. The molecule has 0 radical (unpaired) electrons. The van der Waals surface area contributed by atoms with E-state index in [1.54, 1.807) is 0 Å². The Morgan fingerprint density at radius 3 is 2.27 bits per heavy atom. The summed E-state index contributed by atoms with van der Waals surface area (Å²) in [6, 6.07) is 0. The van der Waals surface area contributed by atoms with Crippen molar-refractivity contribution < 1.29 is 4.74 Å². The molecule has 1 saturated heterocycles. The SMILES string of the molecule is CCC1CCC(C2CCC3OC3C2)CC1. The van der Waals surface area contributed by atoms with E-state index in [4.69, 9.17) is 4.74 Å². The first-order chi connectivity index (χ1) is 7.36. The number of ether oxygens (including phenoxy) is 1. The Morgan fingerprint density at radius 2 is 1.60 bits per heavy atom. The lowest BCUT2D eigenvalue weighted by Gasteiger charge is -2.34. The molecule has 3 unspecified atom stereocenters. The topological polar surface area (TPSA) is 12.5 Å². The van der Waals surface area contributed by atoms with Gasteiger partial charge in [-0.2, -0.15) is 0 Å². The first kappa shape index (κ1) is 10.1. The van der Waals surface area contributed by atoms with Crippen LogP contribution >= 0.6 is 0 Å². The van der Waals surface area contributed by atoms with Crippen LogP contribution in [0, 0.1) is 17.8 Å². The summed E-state index contributed by atoms with van der Waals surface area (Å²) in [5.41, 5.74) is 0. The van der Waals surface area contributed by atoms with E-state index in [-0.39, 0.29) is 0 Å². The zero-order valence-electron chi connectivity index (χ0n) is 9.95. The summed E-state index contributed by atoms with van der Waals surface area (Å²) in [5, 5.41) is 0. The fourth-order valence-electron chi connectivity index (χ4n) is 3.93. The summed E-state index contributed by atoms with van der Waals surface area (Å²) in [4.78, 5) is 0. The van der Waals surface area contributed by atoms with Gasteiger partial charge in [0, 0.05) is 0 Å². The van der Waals surface area contributed by atoms with Gasteiger partial charge in [0.05, 0.1) is 12.2 Å². The minimum atomic E-state index is 0.688. The van der Waals surface area contributed by atoms with Crippen LogP contribution in [0.25, 0.3) is 0 Å². The molecule has 2 saturated carbocycles. The Morgan fingerprint density at radius 1 is 0.867 bits per heavy atom. The van der Waals surface area contributed by atoms with Crippen LogP contribution in [-0.2, 0) is 4.74 Å². The van der Waals surface area contributed by atoms with Crippen molar-refractivity contribution in [3.63, 3.8) is 0 Å². The van der Waals surface area contributed by atoms with E-state index in [1.807, 2.05) is 0 Å². The second kappa shape index (κ2) is 4.08. The predicted molar refractivity (Wildman–Crippen MR) is 61.7 cm³/mol. The lowest BCUT2D eigenvalue weighted by Crippen LogP contribution is -2.25. The van der Waals surface area contributed by atoms with Crippen LogP contribution in [0.15, 0.2) is 0 Å². The van der Waals surface area contributed by atoms with Gasteiger partial charge in [-0.05, 0) is 49.9 Å². The van der Waals surface area contributed by atoms with Crippen molar-refractivity contribution in [3.8, 4) is 0 Å². The van der Waals surface area contributed by atoms with Crippen LogP contribution in [0.1, 0.15) is 58.3 Å². The van der Waals surface area contributed by atoms with Crippen LogP contribution in [-0.4, -0.2) is 12.2 Å². The van der Waals surface area contributed by atoms with Crippen molar-refractivity contribution in [2.45, 2.75) is 70.5 Å². The highest BCUT2D eigenvalue weighted by molar-refractivity contribution is 4.94. The smallest absolute Gasteiger partial charge is 0.0844 e. The number of rotatable bonds is 2. The van der Waals surface area contributed by atoms with Crippen molar-refractivity contribution in [2.24, 2.45) is 17.8 Å². The molecule has 0 aromatic rings. The van der Waals surface area contributed by atoms with Gasteiger partial charge in [0.1, 0.15) is 0 Å². The molecule has 2 aliphatic carbocycles. The molecule has 3 rings (SSSR count). The molecule has 86 valence electrons. The lowest BCUT2D eigenvalue weighted by molar-refractivity contribution is 0.172. The molecule has 0 amide bonds. The van der Waals surface area contributed by atoms with Crippen LogP contribution in [0.2, 0.25) is 0 Å². The van der Waals surface area contributed by atoms with Crippen molar-refractivity contribution in [3.05, 3.63) is 0 Å². The molecule has 15 heavy (non-hydrogen) atoms. The summed E-state index contributed by atoms with van der Waals surface area (Å²) >= 11 is 0. The predicted octanol–water partition coefficient (Wildman–Crippen LogP) is 3.77. The van der Waals surface area contributed by atoms with Gasteiger partial charge in [-0.25, -0.2) is 0 Å². The van der Waals surface area contributed by atoms with E-state index >= 15 is 0 Å². The van der Waals surface area contributed by atoms with E-state index in [0.717, 1.165) is 17.8 Å². The van der Waals surface area contributed by atoms with Crippen LogP contribution in [0.3, 0.4) is 0 Å². The maximum Gasteiger partial charge on any atom is 0.0844 e. The first-order valence-electron chi connectivity index (χ1n) is 7.02. The molecule has 0 bridgehead atoms. The molecule has 0 N–H and O–H groups in total. The maximum absolute atomic E-state index is 5.64. The first-order valence-corrected chi connectivity index (χ1v) is 7.02. The Balaban J connectivity index is 1.50. The largest absolute Gasteiger partial charge is 0.370 e. The summed E-state index contributed by atoms with van der Waals surface area (Å²) in [6.07, 6.45) is 13.0. The van der Waals surface area contributed by atoms with Crippen LogP contribution in [0.5, 0.6) is 0 Å². The number of hydrogen-bond donors (Lipinski definition) is 0. The molecule has 0 spiro atoms. The lowest BCUT2D eigenvalue weighted by atomic mass is 9.70. The molecule has 1 nitrogen and oxygen atoms in total. The van der Waals surface area contributed by atoms with Gasteiger partial charge in [-0.1, -0.05) is 26.2 Å². The summed E-state index contributed by atoms with van der Waals surface area (Å²) in [5.74, 6) is 3.12. The molecule has 1 aliphatic heterocycles. The van der Waals surface area contributed by atoms with Gasteiger partial charge in [0.15, 0.2) is 0 Å². The van der Waals surface area contributed by atoms with E-state index in [1.165, 1.54) is 51.4 Å². The average molecular weight is 208 g/mol. The van der Waals surface area contributed by atoms with E-state index in [0.29, 0.717) is 12.2 Å². The third-order valence-corrected chi connectivity index (χ3v) is 5.18. The van der Waals surface area contributed by atoms with Gasteiger partial charge in [0.2, 0.25) is 0 Å². The summed E-state index contributed by atoms with van der Waals surface area (Å²) in [7, 11) is 0. The second-order valence-electron chi connectivity index (χ2n) is 5.98. The zero-order valence-corrected chi connectivity index (χ0v) is 9.95. The van der Waals surface area contributed by atoms with Gasteiger partial charge in [-0.15, -0.1) is 0 Å². The van der Waals surface area contributed by atoms with Gasteiger partial charge in [-0.3, -0.25) is 0 Å². The fourth-order valence-corrected chi connectivity index (χ4v) is 3.93. The average Bonchev–Trinajstić information content (AvgIpc) is 3.07. The highest BCUT2D eigenvalue weighted by Gasteiger charge is 2.45. The minimum Gasteiger partial charge on any atom is -0.370 e. The van der Waals surface area contributed by atoms with Gasteiger partial charge < -0.3 is 4.74 Å². The molecule has 3 fully saturated rings. The van der Waals surface area contributed by atoms with Gasteiger partial charge >= 0.3 is 0 Å². The van der Waals surface area contributed by atoms with Crippen molar-refractivity contribution >= 4 is 0 Å². The normalized spacial score (nSPS) is 49.8. The van der Waals surface area contributed by atoms with E-state index in [9.17, 15) is 0 Å². The molecule has 3 atom stereocenters. The third-order valence-electron chi connectivity index (χ3n) is 5.18. The minimum absolute atomic E-state index is 0.688. The number of hydrogen-bond acceptors (Lipinski definition) is 1. The van der Waals surface area contributed by atoms with Crippen molar-refractivity contribution in [1.29, 1.82) is 0 Å².